The van der Waals surface area contributed by atoms with E-state index >= 15 is 0 Å². The smallest absolute Gasteiger partial charge is 0.243 e. The molecule has 9 nitrogen and oxygen atoms in total. The molecule has 4 rings (SSSR count). The van der Waals surface area contributed by atoms with Crippen molar-refractivity contribution in [1.29, 1.82) is 0 Å². The van der Waals surface area contributed by atoms with Crippen LogP contribution in [0.5, 0.6) is 0 Å². The maximum absolute atomic E-state index is 13.5. The summed E-state index contributed by atoms with van der Waals surface area (Å²) in [7, 11) is -3.89. The second-order valence-corrected chi connectivity index (χ2v) is 11.9. The fraction of sp³-hybridized carbons (Fsp3) is 0.708. The second kappa shape index (κ2) is 12.3. The van der Waals surface area contributed by atoms with Crippen molar-refractivity contribution < 1.29 is 27.8 Å². The van der Waals surface area contributed by atoms with Gasteiger partial charge in [0.1, 0.15) is 0 Å². The first-order valence-electron chi connectivity index (χ1n) is 12.5. The lowest BCUT2D eigenvalue weighted by Crippen LogP contribution is -2.57. The molecule has 3 aliphatic heterocycles. The Morgan fingerprint density at radius 1 is 1.11 bits per heavy atom. The molecule has 0 saturated carbocycles. The monoisotopic (exact) mass is 529 g/mol. The number of hydrogen-bond donors (Lipinski definition) is 2. The molecule has 0 aliphatic carbocycles. The third kappa shape index (κ3) is 7.15. The number of piperidine rings is 1. The number of nitrogens with zero attached hydrogens (tertiary/aromatic N) is 2. The number of carbonyl (C=O) groups is 1. The summed E-state index contributed by atoms with van der Waals surface area (Å²) in [6, 6.07) is 5.51. The largest absolute Gasteiger partial charge is 0.389 e. The molecule has 3 saturated heterocycles. The number of hydrogen-bond acceptors (Lipinski definition) is 7. The molecular weight excluding hydrogens is 494 g/mol. The molecule has 1 amide bonds. The topological polar surface area (TPSA) is 108 Å². The molecule has 35 heavy (non-hydrogen) atoms. The zero-order valence-electron chi connectivity index (χ0n) is 20.0. The molecule has 1 aromatic rings. The van der Waals surface area contributed by atoms with E-state index in [9.17, 15) is 18.3 Å². The lowest BCUT2D eigenvalue weighted by molar-refractivity contribution is -0.146. The Bertz CT molecular complexity index is 941. The first kappa shape index (κ1) is 26.8. The summed E-state index contributed by atoms with van der Waals surface area (Å²) in [6.45, 7) is 3.74. The third-order valence-electron chi connectivity index (χ3n) is 6.97. The predicted molar refractivity (Wildman–Crippen MR) is 132 cm³/mol. The van der Waals surface area contributed by atoms with E-state index in [1.807, 2.05) is 0 Å². The van der Waals surface area contributed by atoms with Gasteiger partial charge in [0, 0.05) is 24.7 Å². The van der Waals surface area contributed by atoms with Crippen molar-refractivity contribution in [3.05, 3.63) is 29.3 Å². The molecule has 4 atom stereocenters. The van der Waals surface area contributed by atoms with Crippen LogP contribution in [0.25, 0.3) is 0 Å². The number of rotatable bonds is 7. The van der Waals surface area contributed by atoms with Gasteiger partial charge in [0.2, 0.25) is 15.9 Å². The standard InChI is InChI=1S/C24H36ClN3O6S/c25-18-4-7-21(8-5-18)35(31,32)28-15-19(29)16-33-17-23-22(28)9-6-20(34-23)14-24(30)26-10-13-27-11-2-1-3-12-27/h4-5,7-8,19-20,22-23,29H,1-3,6,9-17H2,(H,26,30)/t19-,20-,22-,23+/m0/s1. The first-order chi connectivity index (χ1) is 16.8. The molecule has 0 aromatic heterocycles. The van der Waals surface area contributed by atoms with Crippen molar-refractivity contribution >= 4 is 27.5 Å². The van der Waals surface area contributed by atoms with E-state index in [1.165, 1.54) is 47.8 Å². The van der Waals surface area contributed by atoms with Gasteiger partial charge in [-0.1, -0.05) is 18.0 Å². The normalized spacial score (nSPS) is 29.1. The maximum atomic E-state index is 13.5. The molecule has 0 radical (unpaired) electrons. The Hall–Kier alpha value is -1.27. The average Bonchev–Trinajstić information content (AvgIpc) is 2.83. The molecule has 196 valence electrons. The molecule has 0 bridgehead atoms. The predicted octanol–water partition coefficient (Wildman–Crippen LogP) is 1.63. The number of likely N-dealkylation sites (tertiary alicyclic amines) is 1. The number of amides is 1. The van der Waals surface area contributed by atoms with Crippen LogP contribution in [0.2, 0.25) is 5.02 Å². The Morgan fingerprint density at radius 3 is 2.60 bits per heavy atom. The molecular formula is C24H36ClN3O6S. The maximum Gasteiger partial charge on any atom is 0.243 e. The van der Waals surface area contributed by atoms with E-state index in [0.717, 1.165) is 19.6 Å². The second-order valence-electron chi connectivity index (χ2n) is 9.62. The molecule has 3 heterocycles. The van der Waals surface area contributed by atoms with Gasteiger partial charge >= 0.3 is 0 Å². The van der Waals surface area contributed by atoms with Crippen LogP contribution in [0.3, 0.4) is 0 Å². The molecule has 3 aliphatic rings. The average molecular weight is 530 g/mol. The van der Waals surface area contributed by atoms with E-state index in [1.54, 1.807) is 0 Å². The number of sulfonamides is 1. The van der Waals surface area contributed by atoms with Crippen LogP contribution < -0.4 is 5.32 Å². The summed E-state index contributed by atoms with van der Waals surface area (Å²) in [4.78, 5) is 15.0. The van der Waals surface area contributed by atoms with Crippen LogP contribution in [-0.2, 0) is 24.3 Å². The summed E-state index contributed by atoms with van der Waals surface area (Å²) in [5.74, 6) is -0.0571. The zero-order chi connectivity index (χ0) is 24.8. The van der Waals surface area contributed by atoms with Crippen molar-refractivity contribution in [2.75, 3.05) is 45.9 Å². The van der Waals surface area contributed by atoms with Gasteiger partial charge in [0.15, 0.2) is 0 Å². The van der Waals surface area contributed by atoms with E-state index in [0.29, 0.717) is 24.4 Å². The van der Waals surface area contributed by atoms with Crippen molar-refractivity contribution in [1.82, 2.24) is 14.5 Å². The number of aliphatic hydroxyl groups excluding tert-OH is 1. The number of benzene rings is 1. The van der Waals surface area contributed by atoms with Gasteiger partial charge < -0.3 is 24.8 Å². The minimum atomic E-state index is -3.89. The highest BCUT2D eigenvalue weighted by molar-refractivity contribution is 7.89. The van der Waals surface area contributed by atoms with Crippen LogP contribution in [0.15, 0.2) is 29.2 Å². The van der Waals surface area contributed by atoms with E-state index in [2.05, 4.69) is 10.2 Å². The van der Waals surface area contributed by atoms with E-state index < -0.39 is 28.3 Å². The molecule has 2 N–H and O–H groups in total. The van der Waals surface area contributed by atoms with Gasteiger partial charge in [0.05, 0.1) is 48.9 Å². The molecule has 1 aromatic carbocycles. The Kier molecular flexibility index (Phi) is 9.42. The minimum absolute atomic E-state index is 0.0148. The van der Waals surface area contributed by atoms with Gasteiger partial charge in [-0.05, 0) is 63.0 Å². The summed E-state index contributed by atoms with van der Waals surface area (Å²) in [6.07, 6.45) is 3.24. The molecule has 0 spiro atoms. The van der Waals surface area contributed by atoms with E-state index in [4.69, 9.17) is 21.1 Å². The SMILES string of the molecule is O=C(C[C@@H]1CC[C@H]2[C@@H](COC[C@@H](O)CN2S(=O)(=O)c2ccc(Cl)cc2)O1)NCCN1CCCCC1. The van der Waals surface area contributed by atoms with Crippen molar-refractivity contribution in [3.8, 4) is 0 Å². The zero-order valence-corrected chi connectivity index (χ0v) is 21.6. The highest BCUT2D eigenvalue weighted by atomic mass is 35.5. The van der Waals surface area contributed by atoms with Gasteiger partial charge in [-0.15, -0.1) is 0 Å². The summed E-state index contributed by atoms with van der Waals surface area (Å²) in [5.41, 5.74) is 0. The van der Waals surface area contributed by atoms with Crippen molar-refractivity contribution in [2.45, 2.75) is 67.8 Å². The number of ether oxygens (including phenoxy) is 2. The molecule has 11 heteroatoms. The minimum Gasteiger partial charge on any atom is -0.389 e. The van der Waals surface area contributed by atoms with Gasteiger partial charge in [-0.3, -0.25) is 4.79 Å². The Balaban J connectivity index is 1.36. The number of nitrogens with one attached hydrogen (secondary N) is 1. The van der Waals surface area contributed by atoms with Gasteiger partial charge in [-0.25, -0.2) is 8.42 Å². The number of halogens is 1. The quantitative estimate of drug-likeness (QED) is 0.552. The van der Waals surface area contributed by atoms with Gasteiger partial charge in [0.25, 0.3) is 0 Å². The van der Waals surface area contributed by atoms with Crippen molar-refractivity contribution in [2.24, 2.45) is 0 Å². The lowest BCUT2D eigenvalue weighted by atomic mass is 9.96. The number of fused-ring (bicyclic) bond motifs is 1. The summed E-state index contributed by atoms with van der Waals surface area (Å²) >= 11 is 5.94. The fourth-order valence-electron chi connectivity index (χ4n) is 5.13. The number of carbonyl (C=O) groups excluding carboxylic acids is 1. The Labute approximate surface area is 212 Å². The van der Waals surface area contributed by atoms with Gasteiger partial charge in [-0.2, -0.15) is 4.31 Å². The first-order valence-corrected chi connectivity index (χ1v) is 14.3. The Morgan fingerprint density at radius 2 is 1.86 bits per heavy atom. The molecule has 3 fully saturated rings. The van der Waals surface area contributed by atoms with Crippen molar-refractivity contribution in [3.63, 3.8) is 0 Å². The fourth-order valence-corrected chi connectivity index (χ4v) is 6.97. The third-order valence-corrected chi connectivity index (χ3v) is 9.12. The lowest BCUT2D eigenvalue weighted by Gasteiger charge is -2.43. The number of β-amino-alcohol motifs (C(OH)–C–C–N with tert-alkyl or cyclic N) is 1. The van der Waals surface area contributed by atoms with Crippen LogP contribution in [0.4, 0.5) is 0 Å². The summed E-state index contributed by atoms with van der Waals surface area (Å²) < 4.78 is 40.1. The highest BCUT2D eigenvalue weighted by Gasteiger charge is 2.43. The number of aliphatic hydroxyl groups is 1. The van der Waals surface area contributed by atoms with E-state index in [-0.39, 0.29) is 43.1 Å². The molecule has 0 unspecified atom stereocenters. The van der Waals surface area contributed by atoms with Crippen LogP contribution >= 0.6 is 11.6 Å². The van der Waals surface area contributed by atoms with Crippen LogP contribution in [0.1, 0.15) is 38.5 Å². The van der Waals surface area contributed by atoms with Crippen LogP contribution in [0, 0.1) is 0 Å². The summed E-state index contributed by atoms with van der Waals surface area (Å²) in [5, 5.41) is 13.8. The highest BCUT2D eigenvalue weighted by Crippen LogP contribution is 2.31. The van der Waals surface area contributed by atoms with Crippen LogP contribution in [-0.4, -0.2) is 98.9 Å².